The Morgan fingerprint density at radius 3 is 2.92 bits per heavy atom. The zero-order valence-corrected chi connectivity index (χ0v) is 7.66. The molecule has 1 aliphatic rings. The number of aryl methyl sites for hydroxylation is 1. The van der Waals surface area contributed by atoms with Crippen LogP contribution < -0.4 is 0 Å². The largest absolute Gasteiger partial charge is 0.383 e. The van der Waals surface area contributed by atoms with Gasteiger partial charge in [-0.25, -0.2) is 0 Å². The number of rotatable bonds is 1. The minimum atomic E-state index is -0.805. The standard InChI is InChI=1S/C10H13NO2/c1-8-2-3-9(6-11-8)10(12)4-5-13-7-10/h2-3,6,12H,4-5,7H2,1H3. The average molecular weight is 179 g/mol. The number of nitrogens with zero attached hydrogens (tertiary/aromatic N) is 1. The fraction of sp³-hybridized carbons (Fsp3) is 0.500. The second-order valence-corrected chi connectivity index (χ2v) is 3.52. The van der Waals surface area contributed by atoms with Crippen LogP contribution in [0.1, 0.15) is 17.7 Å². The van der Waals surface area contributed by atoms with Crippen LogP contribution in [0.25, 0.3) is 0 Å². The van der Waals surface area contributed by atoms with E-state index in [0.717, 1.165) is 11.3 Å². The summed E-state index contributed by atoms with van der Waals surface area (Å²) in [6, 6.07) is 3.82. The fourth-order valence-corrected chi connectivity index (χ4v) is 1.52. The SMILES string of the molecule is Cc1ccc(C2(O)CCOC2)cn1. The predicted molar refractivity (Wildman–Crippen MR) is 48.3 cm³/mol. The maximum absolute atomic E-state index is 10.1. The van der Waals surface area contributed by atoms with Crippen molar-refractivity contribution in [3.8, 4) is 0 Å². The Kier molecular flexibility index (Phi) is 2.06. The van der Waals surface area contributed by atoms with Crippen LogP contribution in [0.15, 0.2) is 18.3 Å². The Balaban J connectivity index is 2.29. The second kappa shape index (κ2) is 3.09. The molecule has 1 unspecified atom stereocenters. The highest BCUT2D eigenvalue weighted by atomic mass is 16.5. The Labute approximate surface area is 77.4 Å². The molecule has 0 bridgehead atoms. The van der Waals surface area contributed by atoms with Crippen LogP contribution in [-0.2, 0) is 10.3 Å². The quantitative estimate of drug-likeness (QED) is 0.699. The van der Waals surface area contributed by atoms with Gasteiger partial charge >= 0.3 is 0 Å². The van der Waals surface area contributed by atoms with Crippen LogP contribution in [-0.4, -0.2) is 23.3 Å². The maximum atomic E-state index is 10.1. The number of ether oxygens (including phenoxy) is 1. The summed E-state index contributed by atoms with van der Waals surface area (Å²) in [7, 11) is 0. The molecule has 1 aliphatic heterocycles. The van der Waals surface area contributed by atoms with Gasteiger partial charge < -0.3 is 9.84 Å². The number of aromatic nitrogens is 1. The zero-order valence-electron chi connectivity index (χ0n) is 7.66. The van der Waals surface area contributed by atoms with E-state index in [1.54, 1.807) is 6.20 Å². The van der Waals surface area contributed by atoms with E-state index in [1.807, 2.05) is 19.1 Å². The summed E-state index contributed by atoms with van der Waals surface area (Å²) in [5.41, 5.74) is 1.02. The van der Waals surface area contributed by atoms with Crippen molar-refractivity contribution in [3.63, 3.8) is 0 Å². The first-order valence-corrected chi connectivity index (χ1v) is 4.44. The zero-order chi connectivity index (χ0) is 9.31. The van der Waals surface area contributed by atoms with Gasteiger partial charge in [0.1, 0.15) is 5.60 Å². The van der Waals surface area contributed by atoms with Gasteiger partial charge in [0.2, 0.25) is 0 Å². The van der Waals surface area contributed by atoms with Crippen LogP contribution in [0, 0.1) is 6.92 Å². The molecule has 0 saturated carbocycles. The van der Waals surface area contributed by atoms with Gasteiger partial charge in [0.05, 0.1) is 6.61 Å². The van der Waals surface area contributed by atoms with Crippen molar-refractivity contribution in [1.29, 1.82) is 0 Å². The summed E-state index contributed by atoms with van der Waals surface area (Å²) in [6.07, 6.45) is 2.39. The summed E-state index contributed by atoms with van der Waals surface area (Å²) in [5, 5.41) is 10.1. The third kappa shape index (κ3) is 1.57. The molecular formula is C10H13NO2. The molecule has 1 fully saturated rings. The molecule has 2 heterocycles. The first-order valence-electron chi connectivity index (χ1n) is 4.44. The molecule has 13 heavy (non-hydrogen) atoms. The van der Waals surface area contributed by atoms with Gasteiger partial charge in [0.15, 0.2) is 0 Å². The van der Waals surface area contributed by atoms with Gasteiger partial charge in [-0.2, -0.15) is 0 Å². The summed E-state index contributed by atoms with van der Waals surface area (Å²) >= 11 is 0. The first kappa shape index (κ1) is 8.66. The van der Waals surface area contributed by atoms with Crippen LogP contribution in [0.2, 0.25) is 0 Å². The van der Waals surface area contributed by atoms with Gasteiger partial charge in [0, 0.05) is 30.5 Å². The highest BCUT2D eigenvalue weighted by molar-refractivity contribution is 5.21. The van der Waals surface area contributed by atoms with Crippen LogP contribution in [0.5, 0.6) is 0 Å². The second-order valence-electron chi connectivity index (χ2n) is 3.52. The summed E-state index contributed by atoms with van der Waals surface area (Å²) in [5.74, 6) is 0. The predicted octanol–water partition coefficient (Wildman–Crippen LogP) is 0.998. The van der Waals surface area contributed by atoms with Crippen molar-refractivity contribution in [3.05, 3.63) is 29.6 Å². The Bertz CT molecular complexity index is 288. The monoisotopic (exact) mass is 179 g/mol. The Morgan fingerprint density at radius 1 is 1.54 bits per heavy atom. The van der Waals surface area contributed by atoms with Gasteiger partial charge in [-0.1, -0.05) is 6.07 Å². The third-order valence-corrected chi connectivity index (χ3v) is 2.45. The van der Waals surface area contributed by atoms with E-state index in [-0.39, 0.29) is 0 Å². The lowest BCUT2D eigenvalue weighted by Gasteiger charge is -2.20. The lowest BCUT2D eigenvalue weighted by Crippen LogP contribution is -2.25. The summed E-state index contributed by atoms with van der Waals surface area (Å²) in [4.78, 5) is 4.15. The molecule has 3 heteroatoms. The van der Waals surface area contributed by atoms with E-state index in [9.17, 15) is 5.11 Å². The minimum absolute atomic E-state index is 0.387. The smallest absolute Gasteiger partial charge is 0.117 e. The van der Waals surface area contributed by atoms with E-state index in [2.05, 4.69) is 4.98 Å². The lowest BCUT2D eigenvalue weighted by molar-refractivity contribution is 0.0229. The van der Waals surface area contributed by atoms with Crippen molar-refractivity contribution < 1.29 is 9.84 Å². The molecule has 0 aromatic carbocycles. The highest BCUT2D eigenvalue weighted by Crippen LogP contribution is 2.29. The molecule has 1 atom stereocenters. The molecular weight excluding hydrogens is 166 g/mol. The van der Waals surface area contributed by atoms with Crippen molar-refractivity contribution >= 4 is 0 Å². The van der Waals surface area contributed by atoms with E-state index < -0.39 is 5.60 Å². The third-order valence-electron chi connectivity index (χ3n) is 2.45. The van der Waals surface area contributed by atoms with Crippen LogP contribution in [0.4, 0.5) is 0 Å². The first-order chi connectivity index (χ1) is 6.21. The van der Waals surface area contributed by atoms with Crippen molar-refractivity contribution in [1.82, 2.24) is 4.98 Å². The van der Waals surface area contributed by atoms with E-state index in [4.69, 9.17) is 4.74 Å². The number of hydrogen-bond acceptors (Lipinski definition) is 3. The highest BCUT2D eigenvalue weighted by Gasteiger charge is 2.34. The van der Waals surface area contributed by atoms with Gasteiger partial charge in [-0.15, -0.1) is 0 Å². The molecule has 2 rings (SSSR count). The number of pyridine rings is 1. The van der Waals surface area contributed by atoms with Crippen LogP contribution in [0.3, 0.4) is 0 Å². The maximum Gasteiger partial charge on any atom is 0.117 e. The topological polar surface area (TPSA) is 42.4 Å². The molecule has 3 nitrogen and oxygen atoms in total. The summed E-state index contributed by atoms with van der Waals surface area (Å²) in [6.45, 7) is 2.95. The van der Waals surface area contributed by atoms with Gasteiger partial charge in [0.25, 0.3) is 0 Å². The lowest BCUT2D eigenvalue weighted by atomic mass is 9.95. The molecule has 1 N–H and O–H groups in total. The molecule has 1 aromatic heterocycles. The fourth-order valence-electron chi connectivity index (χ4n) is 1.52. The number of aliphatic hydroxyl groups is 1. The Morgan fingerprint density at radius 2 is 2.38 bits per heavy atom. The normalized spacial score (nSPS) is 27.8. The molecule has 0 amide bonds. The minimum Gasteiger partial charge on any atom is -0.383 e. The Hall–Kier alpha value is -0.930. The molecule has 0 spiro atoms. The van der Waals surface area contributed by atoms with Gasteiger partial charge in [-0.3, -0.25) is 4.98 Å². The molecule has 70 valence electrons. The van der Waals surface area contributed by atoms with Crippen molar-refractivity contribution in [2.75, 3.05) is 13.2 Å². The number of hydrogen-bond donors (Lipinski definition) is 1. The van der Waals surface area contributed by atoms with Crippen LogP contribution >= 0.6 is 0 Å². The molecule has 1 saturated heterocycles. The van der Waals surface area contributed by atoms with E-state index >= 15 is 0 Å². The average Bonchev–Trinajstić information content (AvgIpc) is 2.54. The van der Waals surface area contributed by atoms with Crippen molar-refractivity contribution in [2.24, 2.45) is 0 Å². The van der Waals surface area contributed by atoms with E-state index in [0.29, 0.717) is 19.6 Å². The molecule has 1 aromatic rings. The summed E-state index contributed by atoms with van der Waals surface area (Å²) < 4.78 is 5.17. The van der Waals surface area contributed by atoms with E-state index in [1.165, 1.54) is 0 Å². The molecule has 0 radical (unpaired) electrons. The molecule has 0 aliphatic carbocycles. The van der Waals surface area contributed by atoms with Crippen molar-refractivity contribution in [2.45, 2.75) is 18.9 Å². The van der Waals surface area contributed by atoms with Gasteiger partial charge in [-0.05, 0) is 13.0 Å².